The van der Waals surface area contributed by atoms with E-state index in [2.05, 4.69) is 31.2 Å². The van der Waals surface area contributed by atoms with Gasteiger partial charge in [-0.2, -0.15) is 0 Å². The highest BCUT2D eigenvalue weighted by molar-refractivity contribution is 6.38. The summed E-state index contributed by atoms with van der Waals surface area (Å²) in [7, 11) is 0. The van der Waals surface area contributed by atoms with Gasteiger partial charge in [0.2, 0.25) is 0 Å². The quantitative estimate of drug-likeness (QED) is 0.169. The molecular weight excluding hydrogens is 607 g/mol. The molecule has 1 atom stereocenters. The second-order valence-corrected chi connectivity index (χ2v) is 12.0. The van der Waals surface area contributed by atoms with E-state index in [1.165, 1.54) is 0 Å². The van der Waals surface area contributed by atoms with Crippen LogP contribution in [0.2, 0.25) is 10.0 Å². The van der Waals surface area contributed by atoms with Crippen molar-refractivity contribution in [1.29, 1.82) is 0 Å². The number of hydrogen-bond donors (Lipinski definition) is 2. The van der Waals surface area contributed by atoms with Crippen LogP contribution in [0.25, 0.3) is 32.9 Å². The Morgan fingerprint density at radius 3 is 2.44 bits per heavy atom. The summed E-state index contributed by atoms with van der Waals surface area (Å²) in [5.41, 5.74) is 6.96. The van der Waals surface area contributed by atoms with Crippen LogP contribution in [0, 0.1) is 0 Å². The van der Waals surface area contributed by atoms with Crippen molar-refractivity contribution in [3.8, 4) is 11.1 Å². The van der Waals surface area contributed by atoms with E-state index in [4.69, 9.17) is 28.2 Å². The maximum Gasteiger partial charge on any atom is 0.156 e. The Morgan fingerprint density at radius 2 is 1.64 bits per heavy atom. The molecule has 0 unspecified atom stereocenters. The number of pyridine rings is 4. The molecule has 0 radical (unpaired) electrons. The van der Waals surface area contributed by atoms with Gasteiger partial charge in [-0.1, -0.05) is 53.5 Å². The monoisotopic (exact) mass is 634 g/mol. The number of nitrogens with one attached hydrogen (secondary N) is 1. The van der Waals surface area contributed by atoms with Crippen LogP contribution in [0.5, 0.6) is 0 Å². The lowest BCUT2D eigenvalue weighted by Gasteiger charge is -2.16. The number of benzene rings is 2. The van der Waals surface area contributed by atoms with Crippen LogP contribution < -0.4 is 5.32 Å². The summed E-state index contributed by atoms with van der Waals surface area (Å²) >= 11 is 14.0. The van der Waals surface area contributed by atoms with Gasteiger partial charge < -0.3 is 10.4 Å². The molecule has 1 fully saturated rings. The second kappa shape index (κ2) is 12.5. The number of likely N-dealkylation sites (tertiary alicyclic amines) is 1. The number of aliphatic hydroxyl groups is 1. The molecule has 0 spiro atoms. The number of aliphatic hydroxyl groups excluding tert-OH is 1. The molecular formula is C35H28Cl2N6O2. The first-order valence-corrected chi connectivity index (χ1v) is 15.4. The van der Waals surface area contributed by atoms with Crippen LogP contribution in [-0.4, -0.2) is 55.4 Å². The number of fused-ring (bicyclic) bond motifs is 2. The topological polar surface area (TPSA) is 104 Å². The normalized spacial score (nSPS) is 15.1. The third-order valence-corrected chi connectivity index (χ3v) is 8.97. The van der Waals surface area contributed by atoms with Crippen molar-refractivity contribution in [2.75, 3.05) is 18.4 Å². The predicted molar refractivity (Wildman–Crippen MR) is 178 cm³/mol. The van der Waals surface area contributed by atoms with Crippen LogP contribution in [0.1, 0.15) is 33.6 Å². The number of anilines is 2. The Kier molecular flexibility index (Phi) is 8.12. The molecule has 0 bridgehead atoms. The van der Waals surface area contributed by atoms with Gasteiger partial charge in [0.05, 0.1) is 33.0 Å². The average Bonchev–Trinajstić information content (AvgIpc) is 3.47. The molecule has 0 aliphatic carbocycles. The number of carbonyl (C=O) groups is 1. The minimum absolute atomic E-state index is 0.256. The lowest BCUT2D eigenvalue weighted by Crippen LogP contribution is -2.21. The largest absolute Gasteiger partial charge is 0.392 e. The van der Waals surface area contributed by atoms with Gasteiger partial charge in [-0.15, -0.1) is 0 Å². The Balaban J connectivity index is 1.17. The summed E-state index contributed by atoms with van der Waals surface area (Å²) in [6, 6.07) is 19.3. The summed E-state index contributed by atoms with van der Waals surface area (Å²) in [5.74, 6) is 0.599. The second-order valence-electron chi connectivity index (χ2n) is 11.2. The van der Waals surface area contributed by atoms with Crippen molar-refractivity contribution in [2.24, 2.45) is 0 Å². The molecule has 1 saturated heterocycles. The highest BCUT2D eigenvalue weighted by atomic mass is 35.5. The average molecular weight is 636 g/mol. The summed E-state index contributed by atoms with van der Waals surface area (Å²) < 4.78 is 0. The predicted octanol–water partition coefficient (Wildman–Crippen LogP) is 7.26. The zero-order valence-electron chi connectivity index (χ0n) is 24.1. The lowest BCUT2D eigenvalue weighted by molar-refractivity contribution is 0.112. The summed E-state index contributed by atoms with van der Waals surface area (Å²) in [6.07, 6.45) is 8.68. The number of hydrogen-bond acceptors (Lipinski definition) is 8. The van der Waals surface area contributed by atoms with Gasteiger partial charge in [0.1, 0.15) is 5.52 Å². The summed E-state index contributed by atoms with van der Waals surface area (Å²) in [5, 5.41) is 16.2. The minimum atomic E-state index is -0.256. The van der Waals surface area contributed by atoms with Crippen LogP contribution in [0.3, 0.4) is 0 Å². The number of β-amino-alcohol motifs (C(OH)–C–C–N with tert-alkyl or cyclic N) is 1. The zero-order valence-corrected chi connectivity index (χ0v) is 25.6. The van der Waals surface area contributed by atoms with Crippen LogP contribution in [0.4, 0.5) is 11.5 Å². The molecule has 45 heavy (non-hydrogen) atoms. The highest BCUT2D eigenvalue weighted by Crippen LogP contribution is 2.40. The van der Waals surface area contributed by atoms with Crippen molar-refractivity contribution in [3.63, 3.8) is 0 Å². The van der Waals surface area contributed by atoms with Crippen LogP contribution in [-0.2, 0) is 13.0 Å². The van der Waals surface area contributed by atoms with E-state index in [1.54, 1.807) is 24.7 Å². The van der Waals surface area contributed by atoms with Gasteiger partial charge in [-0.3, -0.25) is 24.6 Å². The number of halogens is 2. The smallest absolute Gasteiger partial charge is 0.156 e. The maximum atomic E-state index is 11.2. The maximum absolute atomic E-state index is 11.2. The highest BCUT2D eigenvalue weighted by Gasteiger charge is 2.21. The Morgan fingerprint density at radius 1 is 0.889 bits per heavy atom. The zero-order chi connectivity index (χ0) is 30.9. The van der Waals surface area contributed by atoms with Crippen molar-refractivity contribution in [3.05, 3.63) is 118 Å². The van der Waals surface area contributed by atoms with Crippen LogP contribution >= 0.6 is 23.2 Å². The van der Waals surface area contributed by atoms with E-state index in [1.807, 2.05) is 54.7 Å². The standard InChI is InChI=1S/C35H28Cl2N6O2/c36-31-23(15-30-33-24(7-10-38-30)14-22(20-44)17-40-33)3-1-4-27(31)28-5-2-6-29(32(28)37)42-35-34-25(8-11-39-35)13-21(16-41-34)18-43-12-9-26(45)19-43/h1-8,10-11,13-14,16-17,20,26,45H,9,12,15,18-19H2,(H,39,42)/t26-/m0/s1. The molecule has 224 valence electrons. The van der Waals surface area contributed by atoms with Gasteiger partial charge in [0.25, 0.3) is 0 Å². The molecule has 1 aliphatic rings. The number of aldehydes is 1. The molecule has 5 heterocycles. The molecule has 4 aromatic heterocycles. The fourth-order valence-electron chi connectivity index (χ4n) is 5.90. The fraction of sp³-hybridized carbons (Fsp3) is 0.171. The van der Waals surface area contributed by atoms with Crippen LogP contribution in [0.15, 0.2) is 85.5 Å². The lowest BCUT2D eigenvalue weighted by atomic mass is 9.99. The molecule has 2 N–H and O–H groups in total. The van der Waals surface area contributed by atoms with Crippen molar-refractivity contribution < 1.29 is 9.90 Å². The number of carbonyl (C=O) groups excluding carboxylic acids is 1. The van der Waals surface area contributed by atoms with Crippen molar-refractivity contribution in [1.82, 2.24) is 24.8 Å². The molecule has 0 amide bonds. The number of aromatic nitrogens is 4. The van der Waals surface area contributed by atoms with E-state index in [9.17, 15) is 9.90 Å². The van der Waals surface area contributed by atoms with E-state index >= 15 is 0 Å². The van der Waals surface area contributed by atoms with Gasteiger partial charge in [0, 0.05) is 78.3 Å². The Labute approximate surface area is 269 Å². The van der Waals surface area contributed by atoms with Crippen molar-refractivity contribution >= 4 is 62.8 Å². The molecule has 2 aromatic carbocycles. The van der Waals surface area contributed by atoms with Gasteiger partial charge in [-0.25, -0.2) is 4.98 Å². The van der Waals surface area contributed by atoms with E-state index in [0.717, 1.165) is 75.6 Å². The van der Waals surface area contributed by atoms with Crippen molar-refractivity contribution in [2.45, 2.75) is 25.5 Å². The van der Waals surface area contributed by atoms with E-state index < -0.39 is 0 Å². The molecule has 7 rings (SSSR count). The van der Waals surface area contributed by atoms with Gasteiger partial charge >= 0.3 is 0 Å². The number of nitrogens with zero attached hydrogens (tertiary/aromatic N) is 5. The summed E-state index contributed by atoms with van der Waals surface area (Å²) in [6.45, 7) is 2.31. The van der Waals surface area contributed by atoms with E-state index in [-0.39, 0.29) is 6.10 Å². The van der Waals surface area contributed by atoms with Gasteiger partial charge in [0.15, 0.2) is 12.1 Å². The first-order valence-electron chi connectivity index (χ1n) is 14.6. The Hall–Kier alpha value is -4.47. The molecule has 0 saturated carbocycles. The fourth-order valence-corrected chi connectivity index (χ4v) is 6.47. The molecule has 1 aliphatic heterocycles. The Bertz CT molecular complexity index is 2070. The minimum Gasteiger partial charge on any atom is -0.392 e. The molecule has 10 heteroatoms. The summed E-state index contributed by atoms with van der Waals surface area (Å²) in [4.78, 5) is 31.8. The molecule has 8 nitrogen and oxygen atoms in total. The first kappa shape index (κ1) is 29.3. The third kappa shape index (κ3) is 5.98. The first-order chi connectivity index (χ1) is 22.0. The van der Waals surface area contributed by atoms with E-state index in [0.29, 0.717) is 40.1 Å². The van der Waals surface area contributed by atoms with Gasteiger partial charge in [-0.05, 0) is 47.9 Å². The number of rotatable bonds is 8. The SMILES string of the molecule is O=Cc1cnc2c(Cc3cccc(-c4cccc(Nc5nccc6cc(CN7CC[C@H](O)C7)cnc56)c4Cl)c3Cl)nccc2c1. The third-order valence-electron chi connectivity index (χ3n) is 8.12. The molecule has 6 aromatic rings.